The van der Waals surface area contributed by atoms with Gasteiger partial charge in [0.15, 0.2) is 5.76 Å². The SMILES string of the molecule is O=C1/C(=C/c2c[nH]c3ccc(Br)cc23)Oc2ccccc21. The summed E-state index contributed by atoms with van der Waals surface area (Å²) in [7, 11) is 0. The molecule has 2 aromatic carbocycles. The van der Waals surface area contributed by atoms with Gasteiger partial charge in [0.1, 0.15) is 5.75 Å². The average molecular weight is 340 g/mol. The minimum Gasteiger partial charge on any atom is -0.452 e. The van der Waals surface area contributed by atoms with Crippen LogP contribution in [0.5, 0.6) is 5.75 Å². The predicted octanol–water partition coefficient (Wildman–Crippen LogP) is 4.55. The zero-order valence-electron chi connectivity index (χ0n) is 10.9. The highest BCUT2D eigenvalue weighted by Crippen LogP contribution is 2.32. The van der Waals surface area contributed by atoms with Crippen LogP contribution >= 0.6 is 15.9 Å². The molecule has 0 spiro atoms. The van der Waals surface area contributed by atoms with Crippen molar-refractivity contribution in [1.82, 2.24) is 4.98 Å². The summed E-state index contributed by atoms with van der Waals surface area (Å²) >= 11 is 3.47. The smallest absolute Gasteiger partial charge is 0.231 e. The molecule has 4 rings (SSSR count). The van der Waals surface area contributed by atoms with Crippen molar-refractivity contribution in [2.24, 2.45) is 0 Å². The van der Waals surface area contributed by atoms with Crippen molar-refractivity contribution < 1.29 is 9.53 Å². The highest BCUT2D eigenvalue weighted by molar-refractivity contribution is 9.10. The van der Waals surface area contributed by atoms with Crippen LogP contribution in [0.1, 0.15) is 15.9 Å². The standard InChI is InChI=1S/C17H10BrNO2/c18-11-5-6-14-13(8-11)10(9-19-14)7-16-17(20)12-3-1-2-4-15(12)21-16/h1-9,19H/b16-7-. The molecule has 0 unspecified atom stereocenters. The van der Waals surface area contributed by atoms with Crippen LogP contribution in [0.3, 0.4) is 0 Å². The number of hydrogen-bond acceptors (Lipinski definition) is 2. The van der Waals surface area contributed by atoms with Gasteiger partial charge < -0.3 is 9.72 Å². The first-order valence-corrected chi connectivity index (χ1v) is 7.31. The zero-order chi connectivity index (χ0) is 14.4. The number of H-pyrrole nitrogens is 1. The normalized spacial score (nSPS) is 15.5. The van der Waals surface area contributed by atoms with E-state index in [-0.39, 0.29) is 5.78 Å². The summed E-state index contributed by atoms with van der Waals surface area (Å²) in [5, 5.41) is 1.05. The van der Waals surface area contributed by atoms with Gasteiger partial charge in [0, 0.05) is 27.1 Å². The molecule has 0 amide bonds. The third-order valence-electron chi connectivity index (χ3n) is 3.54. The average Bonchev–Trinajstić information content (AvgIpc) is 3.02. The van der Waals surface area contributed by atoms with Gasteiger partial charge in [0.05, 0.1) is 5.56 Å². The molecule has 0 saturated carbocycles. The predicted molar refractivity (Wildman–Crippen MR) is 85.4 cm³/mol. The molecule has 1 aliphatic heterocycles. The Morgan fingerprint density at radius 3 is 2.86 bits per heavy atom. The van der Waals surface area contributed by atoms with Gasteiger partial charge in [-0.1, -0.05) is 28.1 Å². The maximum Gasteiger partial charge on any atom is 0.231 e. The van der Waals surface area contributed by atoms with Crippen molar-refractivity contribution in [2.45, 2.75) is 0 Å². The molecule has 0 saturated heterocycles. The second-order valence-electron chi connectivity index (χ2n) is 4.87. The number of carbonyl (C=O) groups is 1. The quantitative estimate of drug-likeness (QED) is 0.661. The van der Waals surface area contributed by atoms with Gasteiger partial charge in [0.25, 0.3) is 0 Å². The Balaban J connectivity index is 1.82. The van der Waals surface area contributed by atoms with E-state index in [9.17, 15) is 4.79 Å². The number of halogens is 1. The van der Waals surface area contributed by atoms with Crippen molar-refractivity contribution in [3.05, 3.63) is 70.0 Å². The number of aromatic nitrogens is 1. The second kappa shape index (κ2) is 4.60. The first-order chi connectivity index (χ1) is 10.2. The summed E-state index contributed by atoms with van der Waals surface area (Å²) in [6, 6.07) is 13.3. The fraction of sp³-hybridized carbons (Fsp3) is 0. The maximum absolute atomic E-state index is 12.3. The molecule has 4 heteroatoms. The van der Waals surface area contributed by atoms with Gasteiger partial charge in [0.2, 0.25) is 5.78 Å². The van der Waals surface area contributed by atoms with Crippen LogP contribution in [0.2, 0.25) is 0 Å². The Labute approximate surface area is 129 Å². The molecule has 0 bridgehead atoms. The molecule has 102 valence electrons. The molecule has 2 heterocycles. The number of ketones is 1. The fourth-order valence-corrected chi connectivity index (χ4v) is 2.87. The van der Waals surface area contributed by atoms with Gasteiger partial charge in [-0.2, -0.15) is 0 Å². The molecule has 1 aliphatic rings. The van der Waals surface area contributed by atoms with E-state index < -0.39 is 0 Å². The molecule has 0 atom stereocenters. The first-order valence-electron chi connectivity index (χ1n) is 6.52. The van der Waals surface area contributed by atoms with Crippen LogP contribution in [0, 0.1) is 0 Å². The topological polar surface area (TPSA) is 42.1 Å². The summed E-state index contributed by atoms with van der Waals surface area (Å²) in [6.45, 7) is 0. The van der Waals surface area contributed by atoms with Gasteiger partial charge >= 0.3 is 0 Å². The molecule has 0 radical (unpaired) electrons. The summed E-state index contributed by atoms with van der Waals surface area (Å²) in [4.78, 5) is 15.5. The number of benzene rings is 2. The van der Waals surface area contributed by atoms with Gasteiger partial charge in [-0.05, 0) is 36.4 Å². The van der Waals surface area contributed by atoms with E-state index in [0.29, 0.717) is 17.1 Å². The van der Waals surface area contributed by atoms with E-state index >= 15 is 0 Å². The lowest BCUT2D eigenvalue weighted by atomic mass is 10.1. The highest BCUT2D eigenvalue weighted by Gasteiger charge is 2.26. The third-order valence-corrected chi connectivity index (χ3v) is 4.03. The Morgan fingerprint density at radius 1 is 1.14 bits per heavy atom. The molecule has 0 fully saturated rings. The number of para-hydroxylation sites is 1. The summed E-state index contributed by atoms with van der Waals surface area (Å²) in [5.41, 5.74) is 2.57. The van der Waals surface area contributed by atoms with E-state index in [1.165, 1.54) is 0 Å². The number of allylic oxidation sites excluding steroid dienone is 1. The van der Waals surface area contributed by atoms with Crippen molar-refractivity contribution in [3.8, 4) is 5.75 Å². The summed E-state index contributed by atoms with van der Waals surface area (Å²) in [6.07, 6.45) is 3.66. The van der Waals surface area contributed by atoms with E-state index in [2.05, 4.69) is 20.9 Å². The lowest BCUT2D eigenvalue weighted by Gasteiger charge is -1.98. The van der Waals surface area contributed by atoms with Crippen LogP contribution in [-0.4, -0.2) is 10.8 Å². The van der Waals surface area contributed by atoms with E-state index in [0.717, 1.165) is 20.9 Å². The van der Waals surface area contributed by atoms with Crippen molar-refractivity contribution in [1.29, 1.82) is 0 Å². The third kappa shape index (κ3) is 1.99. The Bertz CT molecular complexity index is 908. The van der Waals surface area contributed by atoms with Gasteiger partial charge in [-0.3, -0.25) is 4.79 Å². The Kier molecular flexibility index (Phi) is 2.72. The number of carbonyl (C=O) groups excluding carboxylic acids is 1. The number of nitrogens with one attached hydrogen (secondary N) is 1. The van der Waals surface area contributed by atoms with E-state index in [4.69, 9.17) is 4.74 Å². The minimum atomic E-state index is -0.0741. The van der Waals surface area contributed by atoms with E-state index in [1.807, 2.05) is 36.5 Å². The summed E-state index contributed by atoms with van der Waals surface area (Å²) in [5.74, 6) is 0.904. The molecule has 3 aromatic rings. The van der Waals surface area contributed by atoms with Gasteiger partial charge in [-0.15, -0.1) is 0 Å². The van der Waals surface area contributed by atoms with Crippen LogP contribution in [0.15, 0.2) is 58.9 Å². The fourth-order valence-electron chi connectivity index (χ4n) is 2.51. The molecule has 21 heavy (non-hydrogen) atoms. The Morgan fingerprint density at radius 2 is 2.00 bits per heavy atom. The molecule has 1 N–H and O–H groups in total. The number of fused-ring (bicyclic) bond motifs is 2. The van der Waals surface area contributed by atoms with Crippen LogP contribution < -0.4 is 4.74 Å². The molecule has 3 nitrogen and oxygen atoms in total. The molecular weight excluding hydrogens is 330 g/mol. The lowest BCUT2D eigenvalue weighted by Crippen LogP contribution is -1.97. The lowest BCUT2D eigenvalue weighted by molar-refractivity contribution is 0.101. The molecular formula is C17H10BrNO2. The van der Waals surface area contributed by atoms with Crippen molar-refractivity contribution in [2.75, 3.05) is 0 Å². The second-order valence-corrected chi connectivity index (χ2v) is 5.79. The van der Waals surface area contributed by atoms with Crippen molar-refractivity contribution >= 4 is 38.7 Å². The number of aromatic amines is 1. The zero-order valence-corrected chi connectivity index (χ0v) is 12.5. The number of hydrogen-bond donors (Lipinski definition) is 1. The first kappa shape index (κ1) is 12.4. The minimum absolute atomic E-state index is 0.0741. The Hall–Kier alpha value is -2.33. The highest BCUT2D eigenvalue weighted by atomic mass is 79.9. The van der Waals surface area contributed by atoms with Crippen LogP contribution in [0.4, 0.5) is 0 Å². The van der Waals surface area contributed by atoms with Crippen molar-refractivity contribution in [3.63, 3.8) is 0 Å². The maximum atomic E-state index is 12.3. The number of rotatable bonds is 1. The van der Waals surface area contributed by atoms with Crippen LogP contribution in [0.25, 0.3) is 17.0 Å². The largest absolute Gasteiger partial charge is 0.452 e. The van der Waals surface area contributed by atoms with E-state index in [1.54, 1.807) is 18.2 Å². The molecule has 1 aromatic heterocycles. The number of Topliss-reactive ketones (excluding diaryl/α,β-unsaturated/α-hetero) is 1. The summed E-state index contributed by atoms with van der Waals surface area (Å²) < 4.78 is 6.65. The number of ether oxygens (including phenoxy) is 1. The van der Waals surface area contributed by atoms with Gasteiger partial charge in [-0.25, -0.2) is 0 Å². The molecule has 0 aliphatic carbocycles. The monoisotopic (exact) mass is 339 g/mol. The van der Waals surface area contributed by atoms with Crippen LogP contribution in [-0.2, 0) is 0 Å².